The molecule has 108 valence electrons. The standard InChI is InChI=1S/C20H22O/c1-3-5-11-17-12-9-13-18(16-17)20(10-4-2)21-19-14-7-6-8-15-19/h3-4,6-9,12-16,20H,1-2,5,10-11H2. The van der Waals surface area contributed by atoms with Crippen LogP contribution in [0.5, 0.6) is 5.75 Å². The Hall–Kier alpha value is -2.28. The molecular weight excluding hydrogens is 256 g/mol. The summed E-state index contributed by atoms with van der Waals surface area (Å²) in [6.45, 7) is 7.63. The Morgan fingerprint density at radius 2 is 1.76 bits per heavy atom. The molecule has 1 unspecified atom stereocenters. The minimum Gasteiger partial charge on any atom is -0.485 e. The maximum absolute atomic E-state index is 6.11. The quantitative estimate of drug-likeness (QED) is 0.579. The van der Waals surface area contributed by atoms with Gasteiger partial charge in [-0.25, -0.2) is 0 Å². The van der Waals surface area contributed by atoms with Crippen molar-refractivity contribution in [2.75, 3.05) is 0 Å². The van der Waals surface area contributed by atoms with Gasteiger partial charge in [0.25, 0.3) is 0 Å². The highest BCUT2D eigenvalue weighted by Crippen LogP contribution is 2.26. The van der Waals surface area contributed by atoms with Gasteiger partial charge >= 0.3 is 0 Å². The van der Waals surface area contributed by atoms with Gasteiger partial charge in [0.2, 0.25) is 0 Å². The summed E-state index contributed by atoms with van der Waals surface area (Å²) in [5.41, 5.74) is 2.51. The molecule has 2 rings (SSSR count). The number of rotatable bonds is 8. The Labute approximate surface area is 127 Å². The summed E-state index contributed by atoms with van der Waals surface area (Å²) in [5, 5.41) is 0. The van der Waals surface area contributed by atoms with E-state index in [1.807, 2.05) is 42.5 Å². The lowest BCUT2D eigenvalue weighted by Crippen LogP contribution is -2.07. The van der Waals surface area contributed by atoms with Gasteiger partial charge in [-0.3, -0.25) is 0 Å². The first-order valence-corrected chi connectivity index (χ1v) is 7.36. The van der Waals surface area contributed by atoms with E-state index in [1.54, 1.807) is 0 Å². The highest BCUT2D eigenvalue weighted by atomic mass is 16.5. The van der Waals surface area contributed by atoms with Crippen LogP contribution in [-0.2, 0) is 6.42 Å². The number of para-hydroxylation sites is 1. The maximum Gasteiger partial charge on any atom is 0.127 e. The third-order valence-electron chi connectivity index (χ3n) is 3.36. The van der Waals surface area contributed by atoms with E-state index in [0.29, 0.717) is 0 Å². The molecule has 0 N–H and O–H groups in total. The molecule has 21 heavy (non-hydrogen) atoms. The lowest BCUT2D eigenvalue weighted by atomic mass is 10.0. The first-order chi connectivity index (χ1) is 10.3. The molecule has 2 aromatic carbocycles. The van der Waals surface area contributed by atoms with E-state index in [2.05, 4.69) is 37.4 Å². The van der Waals surface area contributed by atoms with Crippen LogP contribution in [0.1, 0.15) is 30.1 Å². The number of aryl methyl sites for hydroxylation is 1. The van der Waals surface area contributed by atoms with E-state index in [1.165, 1.54) is 11.1 Å². The maximum atomic E-state index is 6.11. The summed E-state index contributed by atoms with van der Waals surface area (Å²) >= 11 is 0. The van der Waals surface area contributed by atoms with Gasteiger partial charge in [0.05, 0.1) is 0 Å². The number of allylic oxidation sites excluding steroid dienone is 1. The number of ether oxygens (including phenoxy) is 1. The second kappa shape index (κ2) is 8.11. The first kappa shape index (κ1) is 15.1. The van der Waals surface area contributed by atoms with Gasteiger partial charge in [-0.15, -0.1) is 13.2 Å². The molecule has 0 aliphatic heterocycles. The normalized spacial score (nSPS) is 11.6. The molecule has 0 spiro atoms. The van der Waals surface area contributed by atoms with Crippen molar-refractivity contribution in [3.8, 4) is 5.75 Å². The van der Waals surface area contributed by atoms with Crippen molar-refractivity contribution in [3.05, 3.63) is 91.0 Å². The molecule has 1 nitrogen and oxygen atoms in total. The largest absolute Gasteiger partial charge is 0.485 e. The van der Waals surface area contributed by atoms with Crippen LogP contribution >= 0.6 is 0 Å². The minimum absolute atomic E-state index is 0.00795. The molecule has 0 aliphatic rings. The Bertz CT molecular complexity index is 571. The highest BCUT2D eigenvalue weighted by Gasteiger charge is 2.12. The number of benzene rings is 2. The molecule has 0 saturated heterocycles. The van der Waals surface area contributed by atoms with Crippen LogP contribution in [0, 0.1) is 0 Å². The molecule has 1 atom stereocenters. The van der Waals surface area contributed by atoms with E-state index < -0.39 is 0 Å². The van der Waals surface area contributed by atoms with E-state index in [-0.39, 0.29) is 6.10 Å². The van der Waals surface area contributed by atoms with Crippen molar-refractivity contribution >= 4 is 0 Å². The van der Waals surface area contributed by atoms with E-state index in [9.17, 15) is 0 Å². The van der Waals surface area contributed by atoms with E-state index >= 15 is 0 Å². The second-order valence-corrected chi connectivity index (χ2v) is 5.02. The van der Waals surface area contributed by atoms with Crippen LogP contribution in [0.3, 0.4) is 0 Å². The first-order valence-electron chi connectivity index (χ1n) is 7.36. The smallest absolute Gasteiger partial charge is 0.127 e. The van der Waals surface area contributed by atoms with Crippen LogP contribution < -0.4 is 4.74 Å². The Balaban J connectivity index is 2.17. The van der Waals surface area contributed by atoms with Gasteiger partial charge in [-0.1, -0.05) is 54.6 Å². The number of hydrogen-bond acceptors (Lipinski definition) is 1. The van der Waals surface area contributed by atoms with Crippen molar-refractivity contribution in [2.45, 2.75) is 25.4 Å². The van der Waals surface area contributed by atoms with E-state index in [0.717, 1.165) is 25.0 Å². The summed E-state index contributed by atoms with van der Waals surface area (Å²) in [7, 11) is 0. The summed E-state index contributed by atoms with van der Waals surface area (Å²) < 4.78 is 6.11. The van der Waals surface area contributed by atoms with Crippen LogP contribution in [0.25, 0.3) is 0 Å². The van der Waals surface area contributed by atoms with Gasteiger partial charge in [0.1, 0.15) is 11.9 Å². The van der Waals surface area contributed by atoms with Crippen LogP contribution in [-0.4, -0.2) is 0 Å². The summed E-state index contributed by atoms with van der Waals surface area (Å²) in [6.07, 6.45) is 6.67. The van der Waals surface area contributed by atoms with Crippen molar-refractivity contribution in [2.24, 2.45) is 0 Å². The van der Waals surface area contributed by atoms with Gasteiger partial charge in [0.15, 0.2) is 0 Å². The lowest BCUT2D eigenvalue weighted by molar-refractivity contribution is 0.209. The molecule has 0 heterocycles. The summed E-state index contributed by atoms with van der Waals surface area (Å²) in [5.74, 6) is 0.890. The van der Waals surface area contributed by atoms with Crippen molar-refractivity contribution in [1.82, 2.24) is 0 Å². The van der Waals surface area contributed by atoms with Gasteiger partial charge in [-0.05, 0) is 36.1 Å². The molecule has 2 aromatic rings. The SMILES string of the molecule is C=CCCc1cccc(C(CC=C)Oc2ccccc2)c1. The van der Waals surface area contributed by atoms with Crippen LogP contribution in [0.15, 0.2) is 79.9 Å². The average molecular weight is 278 g/mol. The fourth-order valence-electron chi connectivity index (χ4n) is 2.28. The lowest BCUT2D eigenvalue weighted by Gasteiger charge is -2.19. The van der Waals surface area contributed by atoms with Crippen molar-refractivity contribution in [3.63, 3.8) is 0 Å². The average Bonchev–Trinajstić information content (AvgIpc) is 2.54. The molecule has 0 fully saturated rings. The fraction of sp³-hybridized carbons (Fsp3) is 0.200. The molecule has 1 heteroatoms. The predicted molar refractivity (Wildman–Crippen MR) is 89.6 cm³/mol. The zero-order chi connectivity index (χ0) is 14.9. The minimum atomic E-state index is 0.00795. The van der Waals surface area contributed by atoms with Gasteiger partial charge in [0, 0.05) is 6.42 Å². The van der Waals surface area contributed by atoms with Crippen LogP contribution in [0.2, 0.25) is 0 Å². The third-order valence-corrected chi connectivity index (χ3v) is 3.36. The van der Waals surface area contributed by atoms with Gasteiger partial charge in [-0.2, -0.15) is 0 Å². The molecule has 0 bridgehead atoms. The predicted octanol–water partition coefficient (Wildman–Crippen LogP) is 5.50. The Morgan fingerprint density at radius 3 is 2.48 bits per heavy atom. The summed E-state index contributed by atoms with van der Waals surface area (Å²) in [6, 6.07) is 18.5. The topological polar surface area (TPSA) is 9.23 Å². The molecule has 0 saturated carbocycles. The Morgan fingerprint density at radius 1 is 0.952 bits per heavy atom. The highest BCUT2D eigenvalue weighted by molar-refractivity contribution is 5.28. The van der Waals surface area contributed by atoms with Crippen molar-refractivity contribution < 1.29 is 4.74 Å². The van der Waals surface area contributed by atoms with Crippen molar-refractivity contribution in [1.29, 1.82) is 0 Å². The molecule has 0 aromatic heterocycles. The molecule has 0 amide bonds. The Kier molecular flexibility index (Phi) is 5.83. The molecular formula is C20H22O. The second-order valence-electron chi connectivity index (χ2n) is 5.02. The molecule has 0 aliphatic carbocycles. The molecule has 0 radical (unpaired) electrons. The monoisotopic (exact) mass is 278 g/mol. The van der Waals surface area contributed by atoms with E-state index in [4.69, 9.17) is 4.74 Å². The zero-order valence-corrected chi connectivity index (χ0v) is 12.4. The van der Waals surface area contributed by atoms with Gasteiger partial charge < -0.3 is 4.74 Å². The zero-order valence-electron chi connectivity index (χ0n) is 12.4. The summed E-state index contributed by atoms with van der Waals surface area (Å²) in [4.78, 5) is 0. The number of hydrogen-bond donors (Lipinski definition) is 0. The van der Waals surface area contributed by atoms with Crippen LogP contribution in [0.4, 0.5) is 0 Å². The third kappa shape index (κ3) is 4.64. The fourth-order valence-corrected chi connectivity index (χ4v) is 2.28.